The summed E-state index contributed by atoms with van der Waals surface area (Å²) in [5, 5.41) is 0. The lowest BCUT2D eigenvalue weighted by Crippen LogP contribution is -2.34. The van der Waals surface area contributed by atoms with E-state index in [2.05, 4.69) is 19.9 Å². The van der Waals surface area contributed by atoms with E-state index in [1.807, 2.05) is 0 Å². The molecule has 2 heterocycles. The molecule has 2 saturated carbocycles. The summed E-state index contributed by atoms with van der Waals surface area (Å²) < 4.78 is 25.1. The van der Waals surface area contributed by atoms with Gasteiger partial charge in [0.1, 0.15) is 11.5 Å². The SMILES string of the molecule is CCCCCC(C)CC=C(OC1CCCCO1)[C@@H]1[C@H]2CC(=O)C[C@H]2C[C@H]1OC1CCCCO1. The zero-order valence-corrected chi connectivity index (χ0v) is 21.0. The Morgan fingerprint density at radius 3 is 2.52 bits per heavy atom. The molecule has 2 saturated heterocycles. The van der Waals surface area contributed by atoms with Gasteiger partial charge in [0.25, 0.3) is 0 Å². The van der Waals surface area contributed by atoms with Crippen LogP contribution in [0.1, 0.15) is 104 Å². The average molecular weight is 463 g/mol. The number of fused-ring (bicyclic) bond motifs is 1. The number of carbonyl (C=O) groups excluding carboxylic acids is 1. The fourth-order valence-electron chi connectivity index (χ4n) is 6.30. The first-order valence-electron chi connectivity index (χ1n) is 13.9. The lowest BCUT2D eigenvalue weighted by atomic mass is 9.88. The Morgan fingerprint density at radius 2 is 1.82 bits per heavy atom. The van der Waals surface area contributed by atoms with Crippen LogP contribution in [0, 0.1) is 23.7 Å². The van der Waals surface area contributed by atoms with Crippen molar-refractivity contribution in [2.75, 3.05) is 13.2 Å². The number of ketones is 1. The van der Waals surface area contributed by atoms with Gasteiger partial charge in [-0.2, -0.15) is 0 Å². The molecule has 0 aromatic rings. The lowest BCUT2D eigenvalue weighted by Gasteiger charge is -2.34. The molecule has 0 bridgehead atoms. The minimum Gasteiger partial charge on any atom is -0.469 e. The van der Waals surface area contributed by atoms with Crippen LogP contribution >= 0.6 is 0 Å². The quantitative estimate of drug-likeness (QED) is 0.257. The first-order chi connectivity index (χ1) is 16.1. The molecule has 7 atom stereocenters. The predicted octanol–water partition coefficient (Wildman–Crippen LogP) is 6.55. The lowest BCUT2D eigenvalue weighted by molar-refractivity contribution is -0.201. The van der Waals surface area contributed by atoms with Crippen LogP contribution in [0.5, 0.6) is 0 Å². The molecule has 4 rings (SSSR count). The molecule has 2 aliphatic heterocycles. The third kappa shape index (κ3) is 7.05. The van der Waals surface area contributed by atoms with Crippen LogP contribution in [0.2, 0.25) is 0 Å². The van der Waals surface area contributed by atoms with Crippen molar-refractivity contribution in [3.05, 3.63) is 11.8 Å². The number of Topliss-reactive ketones (excluding diaryl/α,β-unsaturated/α-hetero) is 1. The summed E-state index contributed by atoms with van der Waals surface area (Å²) in [6, 6.07) is 0. The Hall–Kier alpha value is -0.910. The van der Waals surface area contributed by atoms with Crippen molar-refractivity contribution in [1.82, 2.24) is 0 Å². The van der Waals surface area contributed by atoms with Crippen molar-refractivity contribution in [2.24, 2.45) is 23.7 Å². The minimum absolute atomic E-state index is 0.0708. The Morgan fingerprint density at radius 1 is 1.06 bits per heavy atom. The van der Waals surface area contributed by atoms with E-state index in [4.69, 9.17) is 18.9 Å². The minimum atomic E-state index is -0.164. The van der Waals surface area contributed by atoms with Crippen LogP contribution in [0.3, 0.4) is 0 Å². The van der Waals surface area contributed by atoms with Gasteiger partial charge in [-0.15, -0.1) is 0 Å². The van der Waals surface area contributed by atoms with Crippen LogP contribution in [0.25, 0.3) is 0 Å². The summed E-state index contributed by atoms with van der Waals surface area (Å²) in [5.41, 5.74) is 0. The molecule has 2 aliphatic carbocycles. The van der Waals surface area contributed by atoms with Crippen molar-refractivity contribution in [3.8, 4) is 0 Å². The summed E-state index contributed by atoms with van der Waals surface area (Å²) in [7, 11) is 0. The van der Waals surface area contributed by atoms with Crippen LogP contribution < -0.4 is 0 Å². The molecular weight excluding hydrogens is 416 g/mol. The van der Waals surface area contributed by atoms with Crippen LogP contribution in [0.4, 0.5) is 0 Å². The Bertz CT molecular complexity index is 634. The largest absolute Gasteiger partial charge is 0.469 e. The Labute approximate surface area is 200 Å². The highest BCUT2D eigenvalue weighted by Gasteiger charge is 2.51. The van der Waals surface area contributed by atoms with Crippen LogP contribution in [-0.4, -0.2) is 37.7 Å². The van der Waals surface area contributed by atoms with E-state index in [0.29, 0.717) is 36.4 Å². The fourth-order valence-corrected chi connectivity index (χ4v) is 6.30. The van der Waals surface area contributed by atoms with Crippen LogP contribution in [-0.2, 0) is 23.7 Å². The molecule has 4 aliphatic rings. The summed E-state index contributed by atoms with van der Waals surface area (Å²) in [5.74, 6) is 2.95. The van der Waals surface area contributed by atoms with Gasteiger partial charge in [0.2, 0.25) is 0 Å². The first kappa shape index (κ1) is 25.2. The highest BCUT2D eigenvalue weighted by Crippen LogP contribution is 2.51. The van der Waals surface area contributed by atoms with Gasteiger partial charge >= 0.3 is 0 Å². The third-order valence-electron chi connectivity index (χ3n) is 8.18. The second kappa shape index (κ2) is 12.7. The van der Waals surface area contributed by atoms with Gasteiger partial charge in [-0.1, -0.05) is 39.5 Å². The molecule has 33 heavy (non-hydrogen) atoms. The third-order valence-corrected chi connectivity index (χ3v) is 8.18. The van der Waals surface area contributed by atoms with Gasteiger partial charge < -0.3 is 18.9 Å². The maximum absolute atomic E-state index is 12.4. The predicted molar refractivity (Wildman–Crippen MR) is 128 cm³/mol. The maximum Gasteiger partial charge on any atom is 0.199 e. The Balaban J connectivity index is 1.50. The molecule has 4 fully saturated rings. The summed E-state index contributed by atoms with van der Waals surface area (Å²) in [6.07, 6.45) is 17.0. The average Bonchev–Trinajstić information content (AvgIpc) is 3.33. The van der Waals surface area contributed by atoms with Gasteiger partial charge in [-0.25, -0.2) is 0 Å². The molecule has 0 N–H and O–H groups in total. The van der Waals surface area contributed by atoms with Crippen molar-refractivity contribution in [2.45, 2.75) is 122 Å². The molecule has 5 heteroatoms. The topological polar surface area (TPSA) is 54.0 Å². The van der Waals surface area contributed by atoms with Crippen LogP contribution in [0.15, 0.2) is 11.8 Å². The van der Waals surface area contributed by atoms with E-state index in [9.17, 15) is 4.79 Å². The van der Waals surface area contributed by atoms with Gasteiger partial charge in [0.05, 0.1) is 12.7 Å². The summed E-state index contributed by atoms with van der Waals surface area (Å²) in [4.78, 5) is 12.4. The van der Waals surface area contributed by atoms with Gasteiger partial charge in [0, 0.05) is 31.8 Å². The molecular formula is C28H46O5. The number of hydrogen-bond acceptors (Lipinski definition) is 5. The standard InChI is InChI=1S/C28H46O5/c1-3-4-5-10-20(2)13-14-24(32-26-11-6-8-15-30-26)28-23-19-22(29)17-21(23)18-25(28)33-27-12-7-9-16-31-27/h14,20-21,23,25-28H,3-13,15-19H2,1-2H3/t20?,21-,23-,25+,26?,27?,28-/m0/s1. The highest BCUT2D eigenvalue weighted by atomic mass is 16.7. The van der Waals surface area contributed by atoms with Gasteiger partial charge in [-0.05, 0) is 68.8 Å². The van der Waals surface area contributed by atoms with E-state index < -0.39 is 0 Å². The molecule has 5 nitrogen and oxygen atoms in total. The zero-order valence-electron chi connectivity index (χ0n) is 21.0. The second-order valence-electron chi connectivity index (χ2n) is 11.0. The molecule has 3 unspecified atom stereocenters. The molecule has 0 aromatic carbocycles. The van der Waals surface area contributed by atoms with Crippen molar-refractivity contribution < 1.29 is 23.7 Å². The normalized spacial score (nSPS) is 36.1. The number of ether oxygens (including phenoxy) is 4. The fraction of sp³-hybridized carbons (Fsp3) is 0.893. The van der Waals surface area contributed by atoms with E-state index in [1.54, 1.807) is 0 Å². The van der Waals surface area contributed by atoms with Crippen molar-refractivity contribution in [3.63, 3.8) is 0 Å². The van der Waals surface area contributed by atoms with Crippen molar-refractivity contribution >= 4 is 5.78 Å². The smallest absolute Gasteiger partial charge is 0.199 e. The summed E-state index contributed by atoms with van der Waals surface area (Å²) in [6.45, 7) is 6.17. The number of allylic oxidation sites excluding steroid dienone is 1. The van der Waals surface area contributed by atoms with E-state index in [-0.39, 0.29) is 24.6 Å². The number of unbranched alkanes of at least 4 members (excludes halogenated alkanes) is 2. The molecule has 0 spiro atoms. The molecule has 0 aromatic heterocycles. The number of carbonyl (C=O) groups is 1. The van der Waals surface area contributed by atoms with E-state index in [1.165, 1.54) is 25.7 Å². The zero-order chi connectivity index (χ0) is 23.0. The highest BCUT2D eigenvalue weighted by molar-refractivity contribution is 5.81. The maximum atomic E-state index is 12.4. The number of rotatable bonds is 11. The monoisotopic (exact) mass is 462 g/mol. The second-order valence-corrected chi connectivity index (χ2v) is 11.0. The van der Waals surface area contributed by atoms with Gasteiger partial charge in [-0.3, -0.25) is 4.79 Å². The van der Waals surface area contributed by atoms with Gasteiger partial charge in [0.15, 0.2) is 12.6 Å². The molecule has 188 valence electrons. The Kier molecular flexibility index (Phi) is 9.69. The number of hydrogen-bond donors (Lipinski definition) is 0. The summed E-state index contributed by atoms with van der Waals surface area (Å²) >= 11 is 0. The van der Waals surface area contributed by atoms with E-state index >= 15 is 0 Å². The molecule has 0 radical (unpaired) electrons. The first-order valence-corrected chi connectivity index (χ1v) is 13.9. The van der Waals surface area contributed by atoms with Crippen molar-refractivity contribution in [1.29, 1.82) is 0 Å². The van der Waals surface area contributed by atoms with E-state index in [0.717, 1.165) is 70.3 Å². The molecule has 0 amide bonds.